The lowest BCUT2D eigenvalue weighted by Crippen LogP contribution is -2.29. The summed E-state index contributed by atoms with van der Waals surface area (Å²) in [5.74, 6) is 0. The van der Waals surface area contributed by atoms with Crippen molar-refractivity contribution in [1.29, 1.82) is 0 Å². The summed E-state index contributed by atoms with van der Waals surface area (Å²) in [6, 6.07) is 10.6. The Morgan fingerprint density at radius 2 is 1.79 bits per heavy atom. The van der Waals surface area contributed by atoms with Crippen LogP contribution in [-0.2, 0) is 0 Å². The average molecular weight is 277 g/mol. The Bertz CT molecular complexity index is 617. The second kappa shape index (κ2) is 5.59. The number of halogens is 1. The summed E-state index contributed by atoms with van der Waals surface area (Å²) in [5, 5.41) is 0.656. The predicted molar refractivity (Wildman–Crippen MR) is 78.6 cm³/mol. The number of nitrogens with two attached hydrogens (primary N) is 1. The first-order chi connectivity index (χ1) is 9.00. The maximum atomic E-state index is 12.3. The lowest BCUT2D eigenvalue weighted by Gasteiger charge is -2.16. The van der Waals surface area contributed by atoms with Gasteiger partial charge in [-0.3, -0.25) is 4.79 Å². The van der Waals surface area contributed by atoms with E-state index in [0.29, 0.717) is 10.6 Å². The summed E-state index contributed by atoms with van der Waals surface area (Å²) in [7, 11) is 0. The van der Waals surface area contributed by atoms with E-state index in [9.17, 15) is 4.79 Å². The number of nitrogens with zero attached hydrogens (tertiary/aromatic N) is 1. The second-order valence-corrected chi connectivity index (χ2v) is 5.24. The fourth-order valence-electron chi connectivity index (χ4n) is 2.02. The monoisotopic (exact) mass is 276 g/mol. The van der Waals surface area contributed by atoms with E-state index in [-0.39, 0.29) is 11.6 Å². The predicted octanol–water partition coefficient (Wildman–Crippen LogP) is 3.13. The fourth-order valence-corrected chi connectivity index (χ4v) is 2.15. The number of pyridine rings is 1. The lowest BCUT2D eigenvalue weighted by molar-refractivity contribution is 0.570. The SMILES string of the molecule is CC(C)n1cccc(C(N)c2ccc(Cl)cc2)c1=O. The number of rotatable bonds is 3. The number of benzene rings is 1. The molecular weight excluding hydrogens is 260 g/mol. The Balaban J connectivity index is 2.44. The summed E-state index contributed by atoms with van der Waals surface area (Å²) < 4.78 is 1.69. The van der Waals surface area contributed by atoms with Gasteiger partial charge in [-0.25, -0.2) is 0 Å². The molecule has 0 saturated carbocycles. The van der Waals surface area contributed by atoms with Crippen molar-refractivity contribution in [2.24, 2.45) is 5.73 Å². The van der Waals surface area contributed by atoms with E-state index in [1.54, 1.807) is 29.0 Å². The first kappa shape index (κ1) is 13.8. The number of hydrogen-bond donors (Lipinski definition) is 1. The second-order valence-electron chi connectivity index (χ2n) is 4.80. The number of hydrogen-bond acceptors (Lipinski definition) is 2. The topological polar surface area (TPSA) is 48.0 Å². The van der Waals surface area contributed by atoms with E-state index in [1.807, 2.05) is 32.0 Å². The maximum Gasteiger partial charge on any atom is 0.255 e. The zero-order chi connectivity index (χ0) is 14.0. The molecule has 2 aromatic rings. The molecule has 0 radical (unpaired) electrons. The minimum atomic E-state index is -0.434. The maximum absolute atomic E-state index is 12.3. The van der Waals surface area contributed by atoms with Gasteiger partial charge >= 0.3 is 0 Å². The molecule has 0 bridgehead atoms. The molecule has 0 amide bonds. The van der Waals surface area contributed by atoms with Gasteiger partial charge in [-0.1, -0.05) is 29.8 Å². The minimum absolute atomic E-state index is 0.0417. The van der Waals surface area contributed by atoms with Gasteiger partial charge in [0.15, 0.2) is 0 Å². The molecule has 1 unspecified atom stereocenters. The summed E-state index contributed by atoms with van der Waals surface area (Å²) in [5.41, 5.74) is 7.61. The fraction of sp³-hybridized carbons (Fsp3) is 0.267. The third kappa shape index (κ3) is 2.88. The molecule has 3 nitrogen and oxygen atoms in total. The highest BCUT2D eigenvalue weighted by molar-refractivity contribution is 6.30. The van der Waals surface area contributed by atoms with Gasteiger partial charge in [-0.15, -0.1) is 0 Å². The van der Waals surface area contributed by atoms with Crippen molar-refractivity contribution in [2.45, 2.75) is 25.9 Å². The molecular formula is C15H17ClN2O. The Hall–Kier alpha value is -1.58. The van der Waals surface area contributed by atoms with Crippen LogP contribution < -0.4 is 11.3 Å². The van der Waals surface area contributed by atoms with Crippen LogP contribution in [0.15, 0.2) is 47.4 Å². The Morgan fingerprint density at radius 3 is 2.37 bits per heavy atom. The van der Waals surface area contributed by atoms with E-state index >= 15 is 0 Å². The van der Waals surface area contributed by atoms with Crippen molar-refractivity contribution in [2.75, 3.05) is 0 Å². The van der Waals surface area contributed by atoms with Crippen LogP contribution in [0.25, 0.3) is 0 Å². The minimum Gasteiger partial charge on any atom is -0.320 e. The highest BCUT2D eigenvalue weighted by Crippen LogP contribution is 2.19. The quantitative estimate of drug-likeness (QED) is 0.936. The van der Waals surface area contributed by atoms with Crippen LogP contribution in [0.5, 0.6) is 0 Å². The van der Waals surface area contributed by atoms with Gasteiger partial charge in [0, 0.05) is 22.8 Å². The van der Waals surface area contributed by atoms with E-state index in [0.717, 1.165) is 5.56 Å². The van der Waals surface area contributed by atoms with Crippen molar-refractivity contribution in [3.05, 3.63) is 69.1 Å². The van der Waals surface area contributed by atoms with Crippen molar-refractivity contribution in [3.63, 3.8) is 0 Å². The summed E-state index contributed by atoms with van der Waals surface area (Å²) >= 11 is 5.85. The highest BCUT2D eigenvalue weighted by atomic mass is 35.5. The summed E-state index contributed by atoms with van der Waals surface area (Å²) in [6.45, 7) is 3.94. The van der Waals surface area contributed by atoms with Crippen LogP contribution in [0.2, 0.25) is 5.02 Å². The smallest absolute Gasteiger partial charge is 0.255 e. The van der Waals surface area contributed by atoms with Gasteiger partial charge in [-0.2, -0.15) is 0 Å². The van der Waals surface area contributed by atoms with Crippen molar-refractivity contribution >= 4 is 11.6 Å². The first-order valence-corrected chi connectivity index (χ1v) is 6.60. The van der Waals surface area contributed by atoms with Crippen molar-refractivity contribution < 1.29 is 0 Å². The Morgan fingerprint density at radius 1 is 1.16 bits per heavy atom. The largest absolute Gasteiger partial charge is 0.320 e. The third-order valence-electron chi connectivity index (χ3n) is 3.12. The molecule has 0 saturated heterocycles. The molecule has 4 heteroatoms. The summed E-state index contributed by atoms with van der Waals surface area (Å²) in [4.78, 5) is 12.3. The van der Waals surface area contributed by atoms with Gasteiger partial charge in [0.05, 0.1) is 6.04 Å². The van der Waals surface area contributed by atoms with E-state index in [2.05, 4.69) is 0 Å². The Kier molecular flexibility index (Phi) is 4.08. The van der Waals surface area contributed by atoms with Crippen LogP contribution in [0.3, 0.4) is 0 Å². The van der Waals surface area contributed by atoms with E-state index in [4.69, 9.17) is 17.3 Å². The molecule has 0 fully saturated rings. The van der Waals surface area contributed by atoms with E-state index in [1.165, 1.54) is 0 Å². The normalized spacial score (nSPS) is 12.7. The van der Waals surface area contributed by atoms with Gasteiger partial charge in [-0.05, 0) is 37.6 Å². The van der Waals surface area contributed by atoms with Crippen LogP contribution in [0.4, 0.5) is 0 Å². The summed E-state index contributed by atoms with van der Waals surface area (Å²) in [6.07, 6.45) is 1.78. The van der Waals surface area contributed by atoms with Crippen LogP contribution in [0, 0.1) is 0 Å². The zero-order valence-corrected chi connectivity index (χ0v) is 11.8. The molecule has 1 aromatic carbocycles. The molecule has 1 heterocycles. The Labute approximate surface area is 117 Å². The molecule has 2 N–H and O–H groups in total. The van der Waals surface area contributed by atoms with Crippen LogP contribution >= 0.6 is 11.6 Å². The molecule has 19 heavy (non-hydrogen) atoms. The standard InChI is InChI=1S/C15H17ClN2O/c1-10(2)18-9-3-4-13(15(18)19)14(17)11-5-7-12(16)8-6-11/h3-10,14H,17H2,1-2H3. The van der Waals surface area contributed by atoms with Gasteiger partial charge in [0.2, 0.25) is 0 Å². The number of aromatic nitrogens is 1. The molecule has 0 aliphatic heterocycles. The zero-order valence-electron chi connectivity index (χ0n) is 11.0. The first-order valence-electron chi connectivity index (χ1n) is 6.23. The van der Waals surface area contributed by atoms with Gasteiger partial charge < -0.3 is 10.3 Å². The molecule has 1 aromatic heterocycles. The van der Waals surface area contributed by atoms with Crippen molar-refractivity contribution in [3.8, 4) is 0 Å². The highest BCUT2D eigenvalue weighted by Gasteiger charge is 2.14. The molecule has 0 aliphatic carbocycles. The van der Waals surface area contributed by atoms with E-state index < -0.39 is 6.04 Å². The molecule has 1 atom stereocenters. The van der Waals surface area contributed by atoms with Crippen LogP contribution in [0.1, 0.15) is 37.1 Å². The van der Waals surface area contributed by atoms with Gasteiger partial charge in [0.25, 0.3) is 5.56 Å². The molecule has 0 aliphatic rings. The van der Waals surface area contributed by atoms with Crippen molar-refractivity contribution in [1.82, 2.24) is 4.57 Å². The van der Waals surface area contributed by atoms with Gasteiger partial charge in [0.1, 0.15) is 0 Å². The van der Waals surface area contributed by atoms with Crippen LogP contribution in [-0.4, -0.2) is 4.57 Å². The molecule has 2 rings (SSSR count). The molecule has 100 valence electrons. The average Bonchev–Trinajstić information content (AvgIpc) is 2.38. The molecule has 0 spiro atoms. The third-order valence-corrected chi connectivity index (χ3v) is 3.38. The lowest BCUT2D eigenvalue weighted by atomic mass is 10.0.